The number of halogens is 3. The van der Waals surface area contributed by atoms with Gasteiger partial charge in [0.05, 0.1) is 23.3 Å². The fourth-order valence-electron chi connectivity index (χ4n) is 2.45. The largest absolute Gasteiger partial charge is 0.493 e. The maximum Gasteiger partial charge on any atom is 0.156 e. The molecule has 0 atom stereocenters. The highest BCUT2D eigenvalue weighted by molar-refractivity contribution is 6.37. The highest BCUT2D eigenvalue weighted by Crippen LogP contribution is 2.37. The van der Waals surface area contributed by atoms with E-state index >= 15 is 0 Å². The summed E-state index contributed by atoms with van der Waals surface area (Å²) in [5, 5.41) is 1.50. The topological polar surface area (TPSA) is 27.7 Å². The van der Waals surface area contributed by atoms with E-state index < -0.39 is 0 Å². The van der Waals surface area contributed by atoms with Crippen molar-refractivity contribution in [1.29, 1.82) is 0 Å². The first kappa shape index (κ1) is 20.7. The Morgan fingerprint density at radius 1 is 0.643 bits per heavy atom. The molecule has 0 bridgehead atoms. The second-order valence-electron chi connectivity index (χ2n) is 5.99. The van der Waals surface area contributed by atoms with Crippen LogP contribution in [0.4, 0.5) is 0 Å². The lowest BCUT2D eigenvalue weighted by Gasteiger charge is -2.13. The summed E-state index contributed by atoms with van der Waals surface area (Å²) in [6, 6.07) is 20.5. The van der Waals surface area contributed by atoms with E-state index in [-0.39, 0.29) is 0 Å². The Balaban J connectivity index is 1.46. The van der Waals surface area contributed by atoms with E-state index in [2.05, 4.69) is 0 Å². The molecule has 0 heterocycles. The summed E-state index contributed by atoms with van der Waals surface area (Å²) in [7, 11) is 0. The van der Waals surface area contributed by atoms with E-state index in [1.165, 1.54) is 0 Å². The Morgan fingerprint density at radius 3 is 1.96 bits per heavy atom. The van der Waals surface area contributed by atoms with Crippen molar-refractivity contribution in [3.8, 4) is 17.2 Å². The smallest absolute Gasteiger partial charge is 0.156 e. The minimum absolute atomic E-state index is 0.411. The monoisotopic (exact) mass is 436 g/mol. The zero-order valence-corrected chi connectivity index (χ0v) is 17.3. The minimum Gasteiger partial charge on any atom is -0.493 e. The van der Waals surface area contributed by atoms with Gasteiger partial charge >= 0.3 is 0 Å². The Bertz CT molecular complexity index is 860. The number of rotatable bonds is 9. The van der Waals surface area contributed by atoms with Crippen molar-refractivity contribution in [3.05, 3.63) is 87.4 Å². The van der Waals surface area contributed by atoms with Gasteiger partial charge in [-0.2, -0.15) is 0 Å². The molecule has 3 nitrogen and oxygen atoms in total. The van der Waals surface area contributed by atoms with E-state index in [1.54, 1.807) is 24.3 Å². The highest BCUT2D eigenvalue weighted by atomic mass is 35.5. The van der Waals surface area contributed by atoms with E-state index in [4.69, 9.17) is 49.0 Å². The van der Waals surface area contributed by atoms with E-state index in [0.717, 1.165) is 11.3 Å². The lowest BCUT2D eigenvalue weighted by molar-refractivity contribution is 0.247. The maximum absolute atomic E-state index is 6.31. The molecule has 3 aromatic carbocycles. The Kier molecular flexibility index (Phi) is 7.72. The predicted octanol–water partition coefficient (Wildman–Crippen LogP) is 7.07. The number of ether oxygens (including phenoxy) is 3. The quantitative estimate of drug-likeness (QED) is 0.335. The summed E-state index contributed by atoms with van der Waals surface area (Å²) in [6.07, 6.45) is 0.682. The molecule has 0 radical (unpaired) electrons. The van der Waals surface area contributed by atoms with Gasteiger partial charge in [0.15, 0.2) is 5.75 Å². The molecule has 28 heavy (non-hydrogen) atoms. The van der Waals surface area contributed by atoms with Crippen LogP contribution in [0, 0.1) is 0 Å². The van der Waals surface area contributed by atoms with Crippen molar-refractivity contribution in [3.63, 3.8) is 0 Å². The van der Waals surface area contributed by atoms with Crippen LogP contribution in [0.2, 0.25) is 15.1 Å². The maximum atomic E-state index is 6.31. The lowest BCUT2D eigenvalue weighted by Crippen LogP contribution is -2.05. The molecule has 3 aromatic rings. The van der Waals surface area contributed by atoms with Gasteiger partial charge in [-0.1, -0.05) is 65.1 Å². The third kappa shape index (κ3) is 6.23. The standard InChI is InChI=1S/C22H19Cl3O3/c23-17-7-9-18(10-8-17)26-11-4-12-27-22-20(24)13-19(14-21(22)25)28-15-16-5-2-1-3-6-16/h1-3,5-10,13-14H,4,11-12,15H2. The molecule has 0 aliphatic heterocycles. The Labute approximate surface area is 179 Å². The van der Waals surface area contributed by atoms with Gasteiger partial charge in [-0.15, -0.1) is 0 Å². The van der Waals surface area contributed by atoms with Crippen molar-refractivity contribution in [2.75, 3.05) is 13.2 Å². The second-order valence-corrected chi connectivity index (χ2v) is 7.25. The van der Waals surface area contributed by atoms with Crippen molar-refractivity contribution in [2.45, 2.75) is 13.0 Å². The van der Waals surface area contributed by atoms with Crippen LogP contribution in [0.25, 0.3) is 0 Å². The van der Waals surface area contributed by atoms with Crippen LogP contribution in [0.1, 0.15) is 12.0 Å². The average molecular weight is 438 g/mol. The summed E-state index contributed by atoms with van der Waals surface area (Å²) >= 11 is 18.5. The van der Waals surface area contributed by atoms with Crippen LogP contribution in [0.15, 0.2) is 66.7 Å². The zero-order chi connectivity index (χ0) is 19.8. The van der Waals surface area contributed by atoms with Crippen LogP contribution in [-0.4, -0.2) is 13.2 Å². The third-order valence-corrected chi connectivity index (χ3v) is 4.65. The number of benzene rings is 3. The molecular formula is C22H19Cl3O3. The van der Waals surface area contributed by atoms with Gasteiger partial charge in [-0.3, -0.25) is 0 Å². The molecule has 0 aliphatic rings. The van der Waals surface area contributed by atoms with Crippen LogP contribution in [0.5, 0.6) is 17.2 Å². The van der Waals surface area contributed by atoms with E-state index in [0.29, 0.717) is 52.8 Å². The predicted molar refractivity (Wildman–Crippen MR) is 114 cm³/mol. The molecule has 0 aliphatic carbocycles. The van der Waals surface area contributed by atoms with Crippen LogP contribution in [-0.2, 0) is 6.61 Å². The molecule has 0 unspecified atom stereocenters. The lowest BCUT2D eigenvalue weighted by atomic mass is 10.2. The van der Waals surface area contributed by atoms with Crippen molar-refractivity contribution in [1.82, 2.24) is 0 Å². The fourth-order valence-corrected chi connectivity index (χ4v) is 3.15. The number of hydrogen-bond donors (Lipinski definition) is 0. The van der Waals surface area contributed by atoms with Crippen LogP contribution < -0.4 is 14.2 Å². The molecule has 0 saturated carbocycles. The molecule has 146 valence electrons. The van der Waals surface area contributed by atoms with Gasteiger partial charge in [0.1, 0.15) is 18.1 Å². The first-order valence-corrected chi connectivity index (χ1v) is 9.92. The fraction of sp³-hybridized carbons (Fsp3) is 0.182. The molecule has 0 fully saturated rings. The van der Waals surface area contributed by atoms with E-state index in [1.807, 2.05) is 42.5 Å². The molecule has 0 N–H and O–H groups in total. The first-order valence-electron chi connectivity index (χ1n) is 8.79. The minimum atomic E-state index is 0.411. The van der Waals surface area contributed by atoms with Gasteiger partial charge in [0.25, 0.3) is 0 Å². The summed E-state index contributed by atoms with van der Waals surface area (Å²) < 4.78 is 17.1. The molecule has 0 aromatic heterocycles. The summed E-state index contributed by atoms with van der Waals surface area (Å²) in [5.74, 6) is 1.81. The van der Waals surface area contributed by atoms with Crippen molar-refractivity contribution < 1.29 is 14.2 Å². The molecular weight excluding hydrogens is 419 g/mol. The van der Waals surface area contributed by atoms with E-state index in [9.17, 15) is 0 Å². The Morgan fingerprint density at radius 2 is 1.29 bits per heavy atom. The third-order valence-electron chi connectivity index (χ3n) is 3.84. The molecule has 3 rings (SSSR count). The normalized spacial score (nSPS) is 10.5. The zero-order valence-electron chi connectivity index (χ0n) is 15.0. The highest BCUT2D eigenvalue weighted by Gasteiger charge is 2.11. The molecule has 6 heteroatoms. The average Bonchev–Trinajstić information content (AvgIpc) is 2.70. The first-order chi connectivity index (χ1) is 13.6. The van der Waals surface area contributed by atoms with Crippen molar-refractivity contribution >= 4 is 34.8 Å². The Hall–Kier alpha value is -2.07. The van der Waals surface area contributed by atoms with Gasteiger partial charge < -0.3 is 14.2 Å². The van der Waals surface area contributed by atoms with Gasteiger partial charge in [-0.25, -0.2) is 0 Å². The molecule has 0 amide bonds. The molecule has 0 saturated heterocycles. The van der Waals surface area contributed by atoms with Gasteiger partial charge in [0, 0.05) is 23.6 Å². The molecule has 0 spiro atoms. The van der Waals surface area contributed by atoms with Crippen molar-refractivity contribution in [2.24, 2.45) is 0 Å². The SMILES string of the molecule is Clc1ccc(OCCCOc2c(Cl)cc(OCc3ccccc3)cc2Cl)cc1. The number of hydrogen-bond acceptors (Lipinski definition) is 3. The summed E-state index contributed by atoms with van der Waals surface area (Å²) in [4.78, 5) is 0. The van der Waals surface area contributed by atoms with Crippen LogP contribution >= 0.6 is 34.8 Å². The summed E-state index contributed by atoms with van der Waals surface area (Å²) in [5.41, 5.74) is 1.07. The second kappa shape index (κ2) is 10.5. The van der Waals surface area contributed by atoms with Crippen LogP contribution in [0.3, 0.4) is 0 Å². The summed E-state index contributed by atoms with van der Waals surface area (Å²) in [6.45, 7) is 1.38. The van der Waals surface area contributed by atoms with Gasteiger partial charge in [-0.05, 0) is 29.8 Å². The van der Waals surface area contributed by atoms with Gasteiger partial charge in [0.2, 0.25) is 0 Å².